The Bertz CT molecular complexity index is 730. The fourth-order valence-electron chi connectivity index (χ4n) is 3.70. The third-order valence-corrected chi connectivity index (χ3v) is 4.64. The smallest absolute Gasteiger partial charge is 0.372 e. The molecule has 2 atom stereocenters. The normalized spacial score (nSPS) is 24.7. The SMILES string of the molecule is CCOC(=O)[C@]12CC[C@H](c3ccccc3)N1c1ccccc1O2. The van der Waals surface area contributed by atoms with Crippen LogP contribution in [0.5, 0.6) is 5.75 Å². The standard InChI is InChI=1S/C19H19NO3/c1-2-22-18(21)19-13-12-15(14-8-4-3-5-9-14)20(19)16-10-6-7-11-17(16)23-19/h3-11,15H,2,12-13H2,1H3/t15-,19-/m1/s1. The summed E-state index contributed by atoms with van der Waals surface area (Å²) in [6.07, 6.45) is 1.48. The highest BCUT2D eigenvalue weighted by Crippen LogP contribution is 2.54. The highest BCUT2D eigenvalue weighted by atomic mass is 16.6. The van der Waals surface area contributed by atoms with Gasteiger partial charge in [-0.2, -0.15) is 0 Å². The van der Waals surface area contributed by atoms with Gasteiger partial charge in [-0.1, -0.05) is 42.5 Å². The minimum Gasteiger partial charge on any atom is -0.462 e. The van der Waals surface area contributed by atoms with E-state index < -0.39 is 5.72 Å². The predicted octanol–water partition coefficient (Wildman–Crippen LogP) is 3.68. The van der Waals surface area contributed by atoms with Gasteiger partial charge in [-0.05, 0) is 31.0 Å². The lowest BCUT2D eigenvalue weighted by molar-refractivity contribution is -0.159. The van der Waals surface area contributed by atoms with E-state index in [-0.39, 0.29) is 12.0 Å². The summed E-state index contributed by atoms with van der Waals surface area (Å²) >= 11 is 0. The van der Waals surface area contributed by atoms with E-state index >= 15 is 0 Å². The number of hydrogen-bond acceptors (Lipinski definition) is 4. The van der Waals surface area contributed by atoms with Crippen LogP contribution >= 0.6 is 0 Å². The van der Waals surface area contributed by atoms with Crippen LogP contribution in [0.2, 0.25) is 0 Å². The van der Waals surface area contributed by atoms with Crippen molar-refractivity contribution < 1.29 is 14.3 Å². The molecular weight excluding hydrogens is 290 g/mol. The first-order valence-electron chi connectivity index (χ1n) is 8.06. The van der Waals surface area contributed by atoms with Crippen molar-refractivity contribution >= 4 is 11.7 Å². The molecule has 2 aliphatic rings. The van der Waals surface area contributed by atoms with Crippen LogP contribution in [0.15, 0.2) is 54.6 Å². The Labute approximate surface area is 135 Å². The lowest BCUT2D eigenvalue weighted by Crippen LogP contribution is -2.53. The van der Waals surface area contributed by atoms with Gasteiger partial charge in [0, 0.05) is 6.42 Å². The molecule has 0 N–H and O–H groups in total. The van der Waals surface area contributed by atoms with Crippen LogP contribution in [-0.2, 0) is 9.53 Å². The highest BCUT2D eigenvalue weighted by Gasteiger charge is 2.60. The second-order valence-corrected chi connectivity index (χ2v) is 5.91. The zero-order chi connectivity index (χ0) is 15.9. The average molecular weight is 309 g/mol. The summed E-state index contributed by atoms with van der Waals surface area (Å²) in [5, 5.41) is 0. The third kappa shape index (κ3) is 2.01. The van der Waals surface area contributed by atoms with Gasteiger partial charge in [-0.15, -0.1) is 0 Å². The highest BCUT2D eigenvalue weighted by molar-refractivity contribution is 5.89. The molecule has 2 aromatic carbocycles. The molecule has 0 saturated carbocycles. The maximum Gasteiger partial charge on any atom is 0.372 e. The molecule has 0 bridgehead atoms. The summed E-state index contributed by atoms with van der Waals surface area (Å²) in [5.74, 6) is 0.454. The largest absolute Gasteiger partial charge is 0.462 e. The Hall–Kier alpha value is -2.49. The number of rotatable bonds is 3. The van der Waals surface area contributed by atoms with Crippen LogP contribution in [0.4, 0.5) is 5.69 Å². The summed E-state index contributed by atoms with van der Waals surface area (Å²) in [4.78, 5) is 14.8. The molecule has 0 aromatic heterocycles. The predicted molar refractivity (Wildman–Crippen MR) is 87.3 cm³/mol. The summed E-state index contributed by atoms with van der Waals surface area (Å²) in [7, 11) is 0. The molecule has 118 valence electrons. The lowest BCUT2D eigenvalue weighted by Gasteiger charge is -2.33. The number of nitrogens with zero attached hydrogens (tertiary/aromatic N) is 1. The van der Waals surface area contributed by atoms with E-state index in [4.69, 9.17) is 9.47 Å². The lowest BCUT2D eigenvalue weighted by atomic mass is 10.0. The van der Waals surface area contributed by atoms with Gasteiger partial charge in [-0.25, -0.2) is 4.79 Å². The second kappa shape index (κ2) is 5.30. The van der Waals surface area contributed by atoms with E-state index in [1.54, 1.807) is 0 Å². The van der Waals surface area contributed by atoms with Gasteiger partial charge in [0.15, 0.2) is 0 Å². The van der Waals surface area contributed by atoms with E-state index in [1.807, 2.05) is 49.4 Å². The molecule has 4 rings (SSSR count). The summed E-state index contributed by atoms with van der Waals surface area (Å²) in [5.41, 5.74) is 1.13. The van der Waals surface area contributed by atoms with Gasteiger partial charge in [0.25, 0.3) is 5.72 Å². The van der Waals surface area contributed by atoms with Gasteiger partial charge in [0.05, 0.1) is 18.3 Å². The number of carbonyl (C=O) groups is 1. The molecule has 4 nitrogen and oxygen atoms in total. The fraction of sp³-hybridized carbons (Fsp3) is 0.316. The Morgan fingerprint density at radius 1 is 1.22 bits per heavy atom. The Morgan fingerprint density at radius 3 is 2.74 bits per heavy atom. The van der Waals surface area contributed by atoms with Crippen molar-refractivity contribution in [2.24, 2.45) is 0 Å². The molecule has 2 aliphatic heterocycles. The first-order chi connectivity index (χ1) is 11.3. The fourth-order valence-corrected chi connectivity index (χ4v) is 3.70. The van der Waals surface area contributed by atoms with Crippen molar-refractivity contribution in [3.05, 3.63) is 60.2 Å². The molecule has 1 saturated heterocycles. The van der Waals surface area contributed by atoms with Gasteiger partial charge < -0.3 is 14.4 Å². The number of esters is 1. The van der Waals surface area contributed by atoms with Crippen molar-refractivity contribution in [2.45, 2.75) is 31.5 Å². The van der Waals surface area contributed by atoms with Crippen molar-refractivity contribution in [3.8, 4) is 5.75 Å². The minimum absolute atomic E-state index is 0.115. The molecule has 1 fully saturated rings. The van der Waals surface area contributed by atoms with Crippen molar-refractivity contribution in [2.75, 3.05) is 11.5 Å². The van der Waals surface area contributed by atoms with Crippen LogP contribution in [0.1, 0.15) is 31.4 Å². The molecule has 0 unspecified atom stereocenters. The van der Waals surface area contributed by atoms with Gasteiger partial charge in [-0.3, -0.25) is 0 Å². The first kappa shape index (κ1) is 14.1. The summed E-state index contributed by atoms with van der Waals surface area (Å²) in [6, 6.07) is 18.2. The Morgan fingerprint density at radius 2 is 1.96 bits per heavy atom. The Kier molecular flexibility index (Phi) is 3.26. The van der Waals surface area contributed by atoms with Crippen molar-refractivity contribution in [3.63, 3.8) is 0 Å². The number of ether oxygens (including phenoxy) is 2. The number of carbonyl (C=O) groups excluding carboxylic acids is 1. The average Bonchev–Trinajstić information content (AvgIpc) is 3.11. The van der Waals surface area contributed by atoms with Crippen LogP contribution in [0.25, 0.3) is 0 Å². The maximum absolute atomic E-state index is 12.7. The zero-order valence-electron chi connectivity index (χ0n) is 13.1. The molecule has 2 heterocycles. The van der Waals surface area contributed by atoms with Crippen LogP contribution < -0.4 is 9.64 Å². The minimum atomic E-state index is -1.03. The zero-order valence-corrected chi connectivity index (χ0v) is 13.1. The second-order valence-electron chi connectivity index (χ2n) is 5.91. The monoisotopic (exact) mass is 309 g/mol. The first-order valence-corrected chi connectivity index (χ1v) is 8.06. The van der Waals surface area contributed by atoms with Crippen LogP contribution in [-0.4, -0.2) is 18.3 Å². The van der Waals surface area contributed by atoms with Crippen molar-refractivity contribution in [1.82, 2.24) is 0 Å². The molecule has 2 aromatic rings. The molecule has 0 amide bonds. The molecule has 23 heavy (non-hydrogen) atoms. The number of hydrogen-bond donors (Lipinski definition) is 0. The molecule has 0 radical (unpaired) electrons. The quantitative estimate of drug-likeness (QED) is 0.811. The molecular formula is C19H19NO3. The van der Waals surface area contributed by atoms with E-state index in [0.29, 0.717) is 13.0 Å². The number of benzene rings is 2. The summed E-state index contributed by atoms with van der Waals surface area (Å²) < 4.78 is 11.5. The van der Waals surface area contributed by atoms with E-state index in [9.17, 15) is 4.79 Å². The molecule has 4 heteroatoms. The van der Waals surface area contributed by atoms with E-state index in [1.165, 1.54) is 5.56 Å². The number of fused-ring (bicyclic) bond motifs is 3. The summed E-state index contributed by atoms with van der Waals surface area (Å²) in [6.45, 7) is 2.18. The van der Waals surface area contributed by atoms with Crippen LogP contribution in [0.3, 0.4) is 0 Å². The van der Waals surface area contributed by atoms with Gasteiger partial charge in [0.2, 0.25) is 0 Å². The van der Waals surface area contributed by atoms with Crippen molar-refractivity contribution in [1.29, 1.82) is 0 Å². The molecule has 0 spiro atoms. The third-order valence-electron chi connectivity index (χ3n) is 4.64. The Balaban J connectivity index is 1.81. The van der Waals surface area contributed by atoms with E-state index in [2.05, 4.69) is 17.0 Å². The number of para-hydroxylation sites is 2. The topological polar surface area (TPSA) is 38.8 Å². The van der Waals surface area contributed by atoms with E-state index in [0.717, 1.165) is 17.9 Å². The van der Waals surface area contributed by atoms with Crippen LogP contribution in [0, 0.1) is 0 Å². The maximum atomic E-state index is 12.7. The number of anilines is 1. The molecule has 0 aliphatic carbocycles. The van der Waals surface area contributed by atoms with Gasteiger partial charge in [0.1, 0.15) is 5.75 Å². The van der Waals surface area contributed by atoms with Gasteiger partial charge >= 0.3 is 5.97 Å².